The lowest BCUT2D eigenvalue weighted by atomic mass is 10.1. The van der Waals surface area contributed by atoms with E-state index in [2.05, 4.69) is 0 Å². The first kappa shape index (κ1) is 14.8. The van der Waals surface area contributed by atoms with Crippen molar-refractivity contribution in [1.82, 2.24) is 0 Å². The number of benzene rings is 2. The first-order valence-corrected chi connectivity index (χ1v) is 6.92. The Balaban J connectivity index is 2.13. The van der Waals surface area contributed by atoms with E-state index >= 15 is 0 Å². The van der Waals surface area contributed by atoms with E-state index in [-0.39, 0.29) is 5.82 Å². The largest absolute Gasteiger partial charge is 0.370 e. The van der Waals surface area contributed by atoms with Crippen molar-refractivity contribution in [3.05, 3.63) is 64.4 Å². The first-order chi connectivity index (χ1) is 9.60. The molecule has 0 aliphatic carbocycles. The summed E-state index contributed by atoms with van der Waals surface area (Å²) in [6.07, 6.45) is 0.771. The molecule has 2 aromatic carbocycles. The summed E-state index contributed by atoms with van der Waals surface area (Å²) in [6.45, 7) is 1.21. The van der Waals surface area contributed by atoms with E-state index in [1.807, 2.05) is 36.2 Å². The van der Waals surface area contributed by atoms with Gasteiger partial charge in [-0.2, -0.15) is 0 Å². The second-order valence-electron chi connectivity index (χ2n) is 4.80. The van der Waals surface area contributed by atoms with Crippen LogP contribution in [0.1, 0.15) is 11.1 Å². The van der Waals surface area contributed by atoms with Gasteiger partial charge in [0.05, 0.1) is 0 Å². The summed E-state index contributed by atoms with van der Waals surface area (Å²) < 4.78 is 13.2. The van der Waals surface area contributed by atoms with Gasteiger partial charge in [-0.3, -0.25) is 0 Å². The Morgan fingerprint density at radius 2 is 2.00 bits per heavy atom. The highest BCUT2D eigenvalue weighted by Gasteiger charge is 2.06. The lowest BCUT2D eigenvalue weighted by Gasteiger charge is -2.20. The normalized spacial score (nSPS) is 10.6. The van der Waals surface area contributed by atoms with Crippen LogP contribution >= 0.6 is 11.6 Å². The van der Waals surface area contributed by atoms with Gasteiger partial charge in [-0.15, -0.1) is 0 Å². The van der Waals surface area contributed by atoms with E-state index in [1.54, 1.807) is 12.1 Å². The summed E-state index contributed by atoms with van der Waals surface area (Å²) in [5, 5.41) is 0.721. The highest BCUT2D eigenvalue weighted by Crippen LogP contribution is 2.24. The summed E-state index contributed by atoms with van der Waals surface area (Å²) in [6, 6.07) is 12.5. The van der Waals surface area contributed by atoms with Crippen molar-refractivity contribution in [1.29, 1.82) is 0 Å². The van der Waals surface area contributed by atoms with Gasteiger partial charge in [-0.1, -0.05) is 29.8 Å². The predicted molar refractivity (Wildman–Crippen MR) is 82.7 cm³/mol. The van der Waals surface area contributed by atoms with Crippen molar-refractivity contribution in [2.24, 2.45) is 5.73 Å². The highest BCUT2D eigenvalue weighted by molar-refractivity contribution is 6.31. The van der Waals surface area contributed by atoms with Gasteiger partial charge in [0, 0.05) is 24.3 Å². The third kappa shape index (κ3) is 3.71. The average molecular weight is 293 g/mol. The van der Waals surface area contributed by atoms with Crippen LogP contribution in [0.4, 0.5) is 10.1 Å². The van der Waals surface area contributed by atoms with Crippen molar-refractivity contribution in [2.45, 2.75) is 13.0 Å². The molecule has 0 heterocycles. The molecule has 0 aliphatic heterocycles. The number of anilines is 1. The van der Waals surface area contributed by atoms with Crippen LogP contribution in [0.15, 0.2) is 42.5 Å². The molecule has 0 aromatic heterocycles. The van der Waals surface area contributed by atoms with Crippen LogP contribution in [0, 0.1) is 5.82 Å². The Bertz CT molecular complexity index is 586. The molecule has 0 radical (unpaired) electrons. The standard InChI is InChI=1S/C16H18ClFN2/c1-20(11-12-3-2-4-14(18)9-12)15-6-5-13(7-8-19)16(17)10-15/h2-6,9-10H,7-8,11,19H2,1H3. The van der Waals surface area contributed by atoms with E-state index in [0.717, 1.165) is 28.3 Å². The molecular weight excluding hydrogens is 275 g/mol. The minimum absolute atomic E-state index is 0.216. The number of nitrogens with two attached hydrogens (primary N) is 1. The molecule has 20 heavy (non-hydrogen) atoms. The topological polar surface area (TPSA) is 29.3 Å². The van der Waals surface area contributed by atoms with Gasteiger partial charge in [0.15, 0.2) is 0 Å². The molecule has 0 spiro atoms. The van der Waals surface area contributed by atoms with Crippen molar-refractivity contribution < 1.29 is 4.39 Å². The van der Waals surface area contributed by atoms with Crippen molar-refractivity contribution in [2.75, 3.05) is 18.5 Å². The number of hydrogen-bond acceptors (Lipinski definition) is 2. The maximum Gasteiger partial charge on any atom is 0.123 e. The molecule has 0 amide bonds. The minimum Gasteiger partial charge on any atom is -0.370 e. The summed E-state index contributed by atoms with van der Waals surface area (Å²) in [5.74, 6) is -0.216. The van der Waals surface area contributed by atoms with Crippen molar-refractivity contribution in [3.63, 3.8) is 0 Å². The van der Waals surface area contributed by atoms with E-state index in [0.29, 0.717) is 13.1 Å². The van der Waals surface area contributed by atoms with E-state index in [1.165, 1.54) is 6.07 Å². The summed E-state index contributed by atoms with van der Waals surface area (Å²) in [7, 11) is 1.96. The second kappa shape index (κ2) is 6.73. The SMILES string of the molecule is CN(Cc1cccc(F)c1)c1ccc(CCN)c(Cl)c1. The van der Waals surface area contributed by atoms with Crippen LogP contribution in [0.25, 0.3) is 0 Å². The Morgan fingerprint density at radius 3 is 2.65 bits per heavy atom. The molecule has 0 aliphatic rings. The van der Waals surface area contributed by atoms with Gasteiger partial charge in [0.2, 0.25) is 0 Å². The Hall–Kier alpha value is -1.58. The molecule has 2 N–H and O–H groups in total. The number of rotatable bonds is 5. The monoisotopic (exact) mass is 292 g/mol. The predicted octanol–water partition coefficient (Wildman–Crippen LogP) is 3.62. The zero-order chi connectivity index (χ0) is 14.5. The lowest BCUT2D eigenvalue weighted by molar-refractivity contribution is 0.625. The number of nitrogens with zero attached hydrogens (tertiary/aromatic N) is 1. The molecule has 0 fully saturated rings. The van der Waals surface area contributed by atoms with Crippen LogP contribution < -0.4 is 10.6 Å². The van der Waals surface area contributed by atoms with E-state index in [4.69, 9.17) is 17.3 Å². The maximum atomic E-state index is 13.2. The minimum atomic E-state index is -0.216. The fraction of sp³-hybridized carbons (Fsp3) is 0.250. The molecule has 2 aromatic rings. The average Bonchev–Trinajstić information content (AvgIpc) is 2.41. The van der Waals surface area contributed by atoms with Gasteiger partial charge in [0.25, 0.3) is 0 Å². The van der Waals surface area contributed by atoms with E-state index < -0.39 is 0 Å². The smallest absolute Gasteiger partial charge is 0.123 e. The van der Waals surface area contributed by atoms with Crippen LogP contribution in [-0.4, -0.2) is 13.6 Å². The second-order valence-corrected chi connectivity index (χ2v) is 5.21. The summed E-state index contributed by atoms with van der Waals surface area (Å²) in [5.41, 5.74) is 8.52. The third-order valence-electron chi connectivity index (χ3n) is 3.20. The van der Waals surface area contributed by atoms with Crippen LogP contribution in [0.2, 0.25) is 5.02 Å². The summed E-state index contributed by atoms with van der Waals surface area (Å²) >= 11 is 6.24. The van der Waals surface area contributed by atoms with E-state index in [9.17, 15) is 4.39 Å². The number of halogens is 2. The molecule has 0 saturated carbocycles. The highest BCUT2D eigenvalue weighted by atomic mass is 35.5. The van der Waals surface area contributed by atoms with Crippen molar-refractivity contribution in [3.8, 4) is 0 Å². The van der Waals surface area contributed by atoms with Gasteiger partial charge < -0.3 is 10.6 Å². The zero-order valence-corrected chi connectivity index (χ0v) is 12.2. The van der Waals surface area contributed by atoms with Crippen molar-refractivity contribution >= 4 is 17.3 Å². The molecule has 0 atom stereocenters. The fourth-order valence-electron chi connectivity index (χ4n) is 2.13. The molecule has 0 unspecified atom stereocenters. The first-order valence-electron chi connectivity index (χ1n) is 6.54. The van der Waals surface area contributed by atoms with Crippen LogP contribution in [0.3, 0.4) is 0 Å². The van der Waals surface area contributed by atoms with Gasteiger partial charge in [-0.05, 0) is 48.4 Å². The van der Waals surface area contributed by atoms with Gasteiger partial charge >= 0.3 is 0 Å². The third-order valence-corrected chi connectivity index (χ3v) is 3.55. The lowest BCUT2D eigenvalue weighted by Crippen LogP contribution is -2.16. The molecular formula is C16H18ClFN2. The molecule has 2 nitrogen and oxygen atoms in total. The zero-order valence-electron chi connectivity index (χ0n) is 11.4. The fourth-order valence-corrected chi connectivity index (χ4v) is 2.40. The Kier molecular flexibility index (Phi) is 4.99. The maximum absolute atomic E-state index is 13.2. The van der Waals surface area contributed by atoms with Crippen LogP contribution in [-0.2, 0) is 13.0 Å². The van der Waals surface area contributed by atoms with Crippen LogP contribution in [0.5, 0.6) is 0 Å². The molecule has 4 heteroatoms. The molecule has 106 valence electrons. The molecule has 0 bridgehead atoms. The quantitative estimate of drug-likeness (QED) is 0.912. The summed E-state index contributed by atoms with van der Waals surface area (Å²) in [4.78, 5) is 2.03. The molecule has 2 rings (SSSR count). The Labute approximate surface area is 124 Å². The Morgan fingerprint density at radius 1 is 1.20 bits per heavy atom. The van der Waals surface area contributed by atoms with Gasteiger partial charge in [0.1, 0.15) is 5.82 Å². The van der Waals surface area contributed by atoms with Gasteiger partial charge in [-0.25, -0.2) is 4.39 Å². The number of hydrogen-bond donors (Lipinski definition) is 1. The molecule has 0 saturated heterocycles.